The molecule has 0 radical (unpaired) electrons. The molecule has 4 unspecified atom stereocenters. The second kappa shape index (κ2) is 17.0. The summed E-state index contributed by atoms with van der Waals surface area (Å²) in [5, 5.41) is 9.22. The van der Waals surface area contributed by atoms with Crippen LogP contribution in [0.3, 0.4) is 0 Å². The highest BCUT2D eigenvalue weighted by molar-refractivity contribution is 7.34. The molecule has 0 spiro atoms. The number of benzene rings is 2. The van der Waals surface area contributed by atoms with E-state index in [1.165, 1.54) is 0 Å². The van der Waals surface area contributed by atoms with Gasteiger partial charge >= 0.3 is 0 Å². The van der Waals surface area contributed by atoms with Gasteiger partial charge in [0.15, 0.2) is 5.34 Å². The van der Waals surface area contributed by atoms with Crippen LogP contribution in [0.4, 0.5) is 0 Å². The molecule has 6 nitrogen and oxygen atoms in total. The molecule has 47 heavy (non-hydrogen) atoms. The minimum atomic E-state index is -0.528. The lowest BCUT2D eigenvalue weighted by Crippen LogP contribution is -2.41. The quantitative estimate of drug-likeness (QED) is 0.238. The number of hydrogen-bond acceptors (Lipinski definition) is 6. The standard InChI is InChI=1S/C28H38O4P2.C11H18O2/c1-20(2)33-31-25-14-10-8-12-23(25)24-13-9-11-15-26(24)32-34-28(6,27(3,4)5)30-22-18-16-21(29-7)17-19-22;1-11(2,3)9-7-8(13-4)5-6-10(9)12/h8,10,12-20,33-34H,9,11H2,1-7H3;5,7,10,12H,6H2,1-4H3. The average molecular weight is 683 g/mol. The van der Waals surface area contributed by atoms with E-state index in [-0.39, 0.29) is 25.7 Å². The molecule has 0 aliphatic heterocycles. The van der Waals surface area contributed by atoms with Crippen molar-refractivity contribution in [3.8, 4) is 17.2 Å². The molecule has 4 rings (SSSR count). The number of ether oxygens (including phenoxy) is 3. The molecular formula is C39H56O6P2. The van der Waals surface area contributed by atoms with E-state index < -0.39 is 5.34 Å². The van der Waals surface area contributed by atoms with Crippen LogP contribution in [0.1, 0.15) is 87.1 Å². The normalized spacial score (nSPS) is 18.4. The van der Waals surface area contributed by atoms with Gasteiger partial charge < -0.3 is 28.4 Å². The molecular weight excluding hydrogens is 626 g/mol. The first-order chi connectivity index (χ1) is 22.1. The largest absolute Gasteiger partial charge is 0.497 e. The van der Waals surface area contributed by atoms with Crippen LogP contribution in [0, 0.1) is 10.8 Å². The molecule has 8 heteroatoms. The van der Waals surface area contributed by atoms with Crippen LogP contribution < -0.4 is 14.0 Å². The first kappa shape index (κ1) is 38.7. The molecule has 1 N–H and O–H groups in total. The van der Waals surface area contributed by atoms with Crippen molar-refractivity contribution >= 4 is 23.2 Å². The Balaban J connectivity index is 0.000000386. The van der Waals surface area contributed by atoms with E-state index in [1.54, 1.807) is 14.2 Å². The highest BCUT2D eigenvalue weighted by Gasteiger charge is 2.42. The second-order valence-electron chi connectivity index (χ2n) is 14.3. The van der Waals surface area contributed by atoms with Gasteiger partial charge in [-0.05, 0) is 85.7 Å². The third-order valence-electron chi connectivity index (χ3n) is 8.16. The minimum absolute atomic E-state index is 0.0114. The summed E-state index contributed by atoms with van der Waals surface area (Å²) in [6.07, 6.45) is 10.6. The molecule has 0 saturated heterocycles. The van der Waals surface area contributed by atoms with Gasteiger partial charge in [-0.15, -0.1) is 0 Å². The van der Waals surface area contributed by atoms with E-state index in [4.69, 9.17) is 23.3 Å². The van der Waals surface area contributed by atoms with Crippen LogP contribution in [0.15, 0.2) is 89.9 Å². The Morgan fingerprint density at radius 3 is 2.02 bits per heavy atom. The molecule has 0 heterocycles. The summed E-state index contributed by atoms with van der Waals surface area (Å²) in [5.41, 5.74) is 3.58. The third kappa shape index (κ3) is 11.1. The zero-order chi connectivity index (χ0) is 34.8. The molecule has 0 aromatic heterocycles. The fourth-order valence-electron chi connectivity index (χ4n) is 4.83. The van der Waals surface area contributed by atoms with Gasteiger partial charge in [-0.3, -0.25) is 0 Å². The maximum Gasteiger partial charge on any atom is 0.162 e. The number of allylic oxidation sites excluding steroid dienone is 4. The van der Waals surface area contributed by atoms with E-state index in [1.807, 2.05) is 48.6 Å². The van der Waals surface area contributed by atoms with Crippen LogP contribution >= 0.6 is 17.6 Å². The summed E-state index contributed by atoms with van der Waals surface area (Å²) >= 11 is 0. The van der Waals surface area contributed by atoms with Gasteiger partial charge in [0.05, 0.1) is 29.1 Å². The molecule has 2 aliphatic rings. The lowest BCUT2D eigenvalue weighted by Gasteiger charge is -2.41. The van der Waals surface area contributed by atoms with E-state index >= 15 is 0 Å². The molecule has 0 amide bonds. The Morgan fingerprint density at radius 2 is 1.43 bits per heavy atom. The SMILES string of the molecule is COC1=CCC(O)C(C(C)(C)C)=C1.COc1ccc(OC(C)(POC2=CCCC=C2c2ccccc2OPC(C)C)C(C)(C)C)cc1. The van der Waals surface area contributed by atoms with E-state index in [0.29, 0.717) is 20.9 Å². The lowest BCUT2D eigenvalue weighted by atomic mass is 9.80. The van der Waals surface area contributed by atoms with Gasteiger partial charge in [0.25, 0.3) is 0 Å². The van der Waals surface area contributed by atoms with Crippen molar-refractivity contribution in [3.05, 3.63) is 95.5 Å². The van der Waals surface area contributed by atoms with Gasteiger partial charge in [0, 0.05) is 22.2 Å². The number of aliphatic hydroxyl groups excluding tert-OH is 1. The Labute approximate surface area is 287 Å². The zero-order valence-electron chi connectivity index (χ0n) is 30.2. The van der Waals surface area contributed by atoms with Gasteiger partial charge in [-0.2, -0.15) is 0 Å². The van der Waals surface area contributed by atoms with Crippen molar-refractivity contribution in [3.63, 3.8) is 0 Å². The number of methoxy groups -OCH3 is 2. The maximum absolute atomic E-state index is 9.75. The first-order valence-corrected chi connectivity index (χ1v) is 18.3. The van der Waals surface area contributed by atoms with Gasteiger partial charge in [0.1, 0.15) is 37.6 Å². The Kier molecular flexibility index (Phi) is 14.0. The van der Waals surface area contributed by atoms with Crippen LogP contribution in [-0.4, -0.2) is 36.4 Å². The van der Waals surface area contributed by atoms with E-state index in [9.17, 15) is 5.11 Å². The van der Waals surface area contributed by atoms with Crippen molar-refractivity contribution < 1.29 is 28.4 Å². The molecule has 0 fully saturated rings. The third-order valence-corrected chi connectivity index (χ3v) is 10.5. The van der Waals surface area contributed by atoms with Crippen molar-refractivity contribution in [1.29, 1.82) is 0 Å². The number of hydrogen-bond donors (Lipinski definition) is 1. The maximum atomic E-state index is 9.75. The zero-order valence-corrected chi connectivity index (χ0v) is 32.2. The number of rotatable bonds is 11. The average Bonchev–Trinajstić information content (AvgIpc) is 3.03. The number of para-hydroxylation sites is 1. The Morgan fingerprint density at radius 1 is 0.787 bits per heavy atom. The summed E-state index contributed by atoms with van der Waals surface area (Å²) in [4.78, 5) is 0. The van der Waals surface area contributed by atoms with Gasteiger partial charge in [-0.25, -0.2) is 0 Å². The molecule has 2 aromatic rings. The van der Waals surface area contributed by atoms with E-state index in [0.717, 1.165) is 58.3 Å². The number of aliphatic hydroxyl groups is 1. The predicted octanol–water partition coefficient (Wildman–Crippen LogP) is 10.8. The van der Waals surface area contributed by atoms with Gasteiger partial charge in [0.2, 0.25) is 0 Å². The minimum Gasteiger partial charge on any atom is -0.497 e. The van der Waals surface area contributed by atoms with Crippen LogP contribution in [-0.2, 0) is 9.26 Å². The highest BCUT2D eigenvalue weighted by atomic mass is 31.1. The molecule has 0 saturated carbocycles. The van der Waals surface area contributed by atoms with Crippen molar-refractivity contribution in [2.24, 2.45) is 10.8 Å². The van der Waals surface area contributed by atoms with Crippen molar-refractivity contribution in [2.45, 2.75) is 98.7 Å². The topological polar surface area (TPSA) is 66.4 Å². The Hall–Kier alpha value is -2.78. The summed E-state index contributed by atoms with van der Waals surface area (Å²) in [6.45, 7) is 19.3. The lowest BCUT2D eigenvalue weighted by molar-refractivity contribution is 0.0586. The van der Waals surface area contributed by atoms with Gasteiger partial charge in [-0.1, -0.05) is 79.7 Å². The summed E-state index contributed by atoms with van der Waals surface area (Å²) in [6, 6.07) is 16.0. The smallest absolute Gasteiger partial charge is 0.162 e. The highest BCUT2D eigenvalue weighted by Crippen LogP contribution is 2.50. The first-order valence-electron chi connectivity index (χ1n) is 16.4. The molecule has 4 atom stereocenters. The second-order valence-corrected chi connectivity index (χ2v) is 17.3. The van der Waals surface area contributed by atoms with E-state index in [2.05, 4.69) is 86.6 Å². The summed E-state index contributed by atoms with van der Waals surface area (Å²) < 4.78 is 29.7. The van der Waals surface area contributed by atoms with Crippen molar-refractivity contribution in [1.82, 2.24) is 0 Å². The predicted molar refractivity (Wildman–Crippen MR) is 200 cm³/mol. The molecule has 2 aromatic carbocycles. The molecule has 0 bridgehead atoms. The monoisotopic (exact) mass is 682 g/mol. The molecule has 258 valence electrons. The van der Waals surface area contributed by atoms with Crippen LogP contribution in [0.2, 0.25) is 0 Å². The molecule has 2 aliphatic carbocycles. The van der Waals surface area contributed by atoms with Crippen LogP contribution in [0.5, 0.6) is 17.2 Å². The van der Waals surface area contributed by atoms with Crippen LogP contribution in [0.25, 0.3) is 5.57 Å². The summed E-state index contributed by atoms with van der Waals surface area (Å²) in [7, 11) is 3.85. The van der Waals surface area contributed by atoms with Crippen molar-refractivity contribution in [2.75, 3.05) is 14.2 Å². The Bertz CT molecular complexity index is 1430. The summed E-state index contributed by atoms with van der Waals surface area (Å²) in [5.74, 6) is 4.28. The fraction of sp³-hybridized carbons (Fsp3) is 0.487. The fourth-order valence-corrected chi connectivity index (χ4v) is 6.34.